The summed E-state index contributed by atoms with van der Waals surface area (Å²) < 4.78 is 26.7. The molecular weight excluding hydrogens is 859 g/mol. The van der Waals surface area contributed by atoms with Crippen LogP contribution < -0.4 is 14.8 Å². The highest BCUT2D eigenvalue weighted by atomic mass is 16.8. The SMILES string of the molecule is C=CCO[C@@]12Oc3ccc(OC(=O)NCCCCCCCCCCCC)cc3[C@H]3[C@H](CCCCO)[C@@H](CCCCO)C=C(C(=NOC4CCCCO4)C[C@@H]1N(CCC)C(=O)CCC1CCCC1)[C@H]32. The molecule has 12 heteroatoms. The van der Waals surface area contributed by atoms with Gasteiger partial charge in [0, 0.05) is 57.0 Å². The summed E-state index contributed by atoms with van der Waals surface area (Å²) in [5.74, 6) is -0.0808. The lowest BCUT2D eigenvalue weighted by molar-refractivity contribution is -0.257. The first-order valence-electron chi connectivity index (χ1n) is 27.5. The second kappa shape index (κ2) is 29.0. The van der Waals surface area contributed by atoms with Gasteiger partial charge in [-0.15, -0.1) is 6.58 Å². The zero-order valence-electron chi connectivity index (χ0n) is 42.1. The Hall–Kier alpha value is -3.45. The summed E-state index contributed by atoms with van der Waals surface area (Å²) in [6.07, 6.45) is 30.1. The van der Waals surface area contributed by atoms with Crippen LogP contribution in [0, 0.1) is 23.7 Å². The average Bonchev–Trinajstić information content (AvgIpc) is 3.88. The fraction of sp³-hybridized carbons (Fsp3) is 0.768. The summed E-state index contributed by atoms with van der Waals surface area (Å²) >= 11 is 0. The Morgan fingerprint density at radius 1 is 0.882 bits per heavy atom. The van der Waals surface area contributed by atoms with Gasteiger partial charge in [0.15, 0.2) is 0 Å². The number of carbonyl (C=O) groups excluding carboxylic acids is 2. The Kier molecular flexibility index (Phi) is 23.0. The molecule has 3 aliphatic carbocycles. The average molecular weight is 948 g/mol. The first kappa shape index (κ1) is 53.9. The third-order valence-corrected chi connectivity index (χ3v) is 15.5. The van der Waals surface area contributed by atoms with Gasteiger partial charge >= 0.3 is 6.09 Å². The predicted octanol–water partition coefficient (Wildman–Crippen LogP) is 12.1. The van der Waals surface area contributed by atoms with Gasteiger partial charge in [0.2, 0.25) is 18.0 Å². The quantitative estimate of drug-likeness (QED) is 0.0376. The van der Waals surface area contributed by atoms with Crippen LogP contribution >= 0.6 is 0 Å². The van der Waals surface area contributed by atoms with E-state index in [1.54, 1.807) is 12.1 Å². The summed E-state index contributed by atoms with van der Waals surface area (Å²) in [5.41, 5.74) is 2.68. The summed E-state index contributed by atoms with van der Waals surface area (Å²) in [6, 6.07) is 5.14. The number of aliphatic hydroxyl groups is 2. The number of nitrogens with zero attached hydrogens (tertiary/aromatic N) is 2. The maximum absolute atomic E-state index is 14.9. The Balaban J connectivity index is 1.37. The number of amides is 2. The maximum atomic E-state index is 14.9. The molecule has 2 saturated carbocycles. The Morgan fingerprint density at radius 2 is 1.60 bits per heavy atom. The van der Waals surface area contributed by atoms with E-state index in [9.17, 15) is 19.8 Å². The van der Waals surface area contributed by atoms with Crippen molar-refractivity contribution in [3.05, 3.63) is 48.1 Å². The lowest BCUT2D eigenvalue weighted by atomic mass is 9.55. The van der Waals surface area contributed by atoms with E-state index in [4.69, 9.17) is 28.9 Å². The van der Waals surface area contributed by atoms with E-state index in [0.717, 1.165) is 87.5 Å². The molecule has 0 aromatic heterocycles. The molecule has 2 amide bonds. The number of hydrogen-bond acceptors (Lipinski definition) is 10. The van der Waals surface area contributed by atoms with Crippen molar-refractivity contribution in [2.75, 3.05) is 39.5 Å². The maximum Gasteiger partial charge on any atom is 0.412 e. The topological polar surface area (TPSA) is 148 Å². The number of rotatable bonds is 31. The second-order valence-electron chi connectivity index (χ2n) is 20.4. The van der Waals surface area contributed by atoms with Gasteiger partial charge in [-0.3, -0.25) is 4.79 Å². The molecule has 382 valence electrons. The standard InChI is InChI=1S/C56H89N3O9/c1-4-7-8-9-10-11-12-13-14-20-33-57-55(63)66-44-30-31-49-47(40-44)53-45(27-18-22-36-61)43(26-17-21-35-60)39-46-48(58-68-52-28-19-23-38-64-52)41-50(56(67-49,54(46)53)65-37-6-3)59(34-5-2)51(62)32-29-42-24-15-16-25-42/h6,30-31,39-40,42-43,45,50,52-54,60-61H,3-5,7-29,32-38,41H2,1-2H3,(H,57,63)/t43-,45+,50-,52?,53+,54+,56+/m0/s1. The van der Waals surface area contributed by atoms with E-state index in [1.807, 2.05) is 17.0 Å². The number of ether oxygens (including phenoxy) is 4. The number of allylic oxidation sites excluding steroid dienone is 1. The fourth-order valence-electron chi connectivity index (χ4n) is 12.0. The molecule has 7 atom stereocenters. The van der Waals surface area contributed by atoms with Crippen molar-refractivity contribution in [3.63, 3.8) is 0 Å². The molecular formula is C56H89N3O9. The molecule has 12 nitrogen and oxygen atoms in total. The molecule has 0 bridgehead atoms. The van der Waals surface area contributed by atoms with Gasteiger partial charge in [-0.1, -0.05) is 127 Å². The lowest BCUT2D eigenvalue weighted by Crippen LogP contribution is -2.70. The normalized spacial score (nSPS) is 26.1. The molecule has 1 aromatic rings. The van der Waals surface area contributed by atoms with Crippen LogP contribution in [0.5, 0.6) is 11.5 Å². The van der Waals surface area contributed by atoms with Gasteiger partial charge in [-0.2, -0.15) is 0 Å². The summed E-state index contributed by atoms with van der Waals surface area (Å²) in [4.78, 5) is 36.6. The molecule has 0 radical (unpaired) electrons. The molecule has 3 N–H and O–H groups in total. The van der Waals surface area contributed by atoms with Crippen molar-refractivity contribution >= 4 is 17.7 Å². The van der Waals surface area contributed by atoms with E-state index >= 15 is 0 Å². The van der Waals surface area contributed by atoms with E-state index in [1.165, 1.54) is 77.0 Å². The van der Waals surface area contributed by atoms with Crippen LogP contribution in [-0.2, 0) is 19.1 Å². The minimum atomic E-state index is -1.32. The van der Waals surface area contributed by atoms with Gasteiger partial charge in [-0.05, 0) is 99.3 Å². The predicted molar refractivity (Wildman–Crippen MR) is 269 cm³/mol. The molecule has 68 heavy (non-hydrogen) atoms. The summed E-state index contributed by atoms with van der Waals surface area (Å²) in [6.45, 7) is 10.6. The van der Waals surface area contributed by atoms with Gasteiger partial charge in [0.1, 0.15) is 17.5 Å². The lowest BCUT2D eigenvalue weighted by Gasteiger charge is -2.60. The van der Waals surface area contributed by atoms with E-state index in [0.29, 0.717) is 62.8 Å². The number of unbranched alkanes of at least 4 members (excludes halogenated alkanes) is 11. The van der Waals surface area contributed by atoms with Crippen LogP contribution in [-0.4, -0.2) is 90.5 Å². The Labute approximate surface area is 409 Å². The van der Waals surface area contributed by atoms with Crippen LogP contribution in [0.25, 0.3) is 0 Å². The van der Waals surface area contributed by atoms with Gasteiger partial charge in [0.25, 0.3) is 0 Å². The smallest absolute Gasteiger partial charge is 0.412 e. The molecule has 0 spiro atoms. The van der Waals surface area contributed by atoms with Gasteiger partial charge in [-0.25, -0.2) is 4.79 Å². The first-order valence-corrected chi connectivity index (χ1v) is 27.5. The van der Waals surface area contributed by atoms with E-state index in [-0.39, 0.29) is 43.5 Å². The molecule has 2 aliphatic heterocycles. The van der Waals surface area contributed by atoms with Gasteiger partial charge in [0.05, 0.1) is 24.8 Å². The summed E-state index contributed by atoms with van der Waals surface area (Å²) in [7, 11) is 0. The molecule has 5 aliphatic rings. The molecule has 1 saturated heterocycles. The van der Waals surface area contributed by atoms with E-state index < -0.39 is 30.1 Å². The number of aliphatic hydroxyl groups excluding tert-OH is 2. The third-order valence-electron chi connectivity index (χ3n) is 15.5. The van der Waals surface area contributed by atoms with Crippen molar-refractivity contribution in [2.45, 2.75) is 211 Å². The molecule has 6 rings (SSSR count). The number of nitrogens with one attached hydrogen (secondary N) is 1. The molecule has 2 heterocycles. The Morgan fingerprint density at radius 3 is 2.29 bits per heavy atom. The number of carbonyl (C=O) groups is 2. The van der Waals surface area contributed by atoms with Crippen LogP contribution in [0.4, 0.5) is 4.79 Å². The van der Waals surface area contributed by atoms with Crippen molar-refractivity contribution in [2.24, 2.45) is 28.8 Å². The summed E-state index contributed by atoms with van der Waals surface area (Å²) in [5, 5.41) is 28.0. The highest BCUT2D eigenvalue weighted by Crippen LogP contribution is 2.62. The van der Waals surface area contributed by atoms with Crippen molar-refractivity contribution in [3.8, 4) is 11.5 Å². The van der Waals surface area contributed by atoms with Crippen LogP contribution in [0.3, 0.4) is 0 Å². The number of fused-ring (bicyclic) bond motifs is 2. The third kappa shape index (κ3) is 14.8. The number of benzene rings is 1. The Bertz CT molecular complexity index is 1740. The fourth-order valence-corrected chi connectivity index (χ4v) is 12.0. The highest BCUT2D eigenvalue weighted by Gasteiger charge is 2.65. The molecule has 1 unspecified atom stereocenters. The highest BCUT2D eigenvalue weighted by molar-refractivity contribution is 6.03. The molecule has 3 fully saturated rings. The first-order chi connectivity index (χ1) is 33.4. The van der Waals surface area contributed by atoms with Gasteiger partial charge < -0.3 is 44.2 Å². The number of hydrogen-bond donors (Lipinski definition) is 3. The van der Waals surface area contributed by atoms with Crippen LogP contribution in [0.15, 0.2) is 47.7 Å². The zero-order valence-corrected chi connectivity index (χ0v) is 42.1. The molecule has 1 aromatic carbocycles. The second-order valence-corrected chi connectivity index (χ2v) is 20.4. The number of oxime groups is 1. The van der Waals surface area contributed by atoms with Crippen molar-refractivity contribution in [1.29, 1.82) is 0 Å². The van der Waals surface area contributed by atoms with Crippen LogP contribution in [0.2, 0.25) is 0 Å². The van der Waals surface area contributed by atoms with Crippen LogP contribution in [0.1, 0.15) is 199 Å². The minimum absolute atomic E-state index is 0.0593. The monoisotopic (exact) mass is 948 g/mol. The van der Waals surface area contributed by atoms with E-state index in [2.05, 4.69) is 31.8 Å². The largest absolute Gasteiger partial charge is 0.459 e. The van der Waals surface area contributed by atoms with Crippen molar-refractivity contribution < 1.29 is 43.6 Å². The zero-order chi connectivity index (χ0) is 48.0. The van der Waals surface area contributed by atoms with Crippen molar-refractivity contribution in [1.82, 2.24) is 10.2 Å². The minimum Gasteiger partial charge on any atom is -0.459 e.